The molecule has 216 valence electrons. The first-order valence-electron chi connectivity index (χ1n) is 14.0. The molecule has 2 aromatic rings. The Hall–Kier alpha value is -1.94. The first kappa shape index (κ1) is 31.6. The smallest absolute Gasteiger partial charge is 0.340 e. The molecule has 7 nitrogen and oxygen atoms in total. The third-order valence-corrected chi connectivity index (χ3v) is 7.46. The van der Waals surface area contributed by atoms with E-state index in [-0.39, 0.29) is 11.5 Å². The number of pyridine rings is 2. The summed E-state index contributed by atoms with van der Waals surface area (Å²) >= 11 is 2.23. The van der Waals surface area contributed by atoms with Crippen molar-refractivity contribution in [1.82, 2.24) is 9.97 Å². The summed E-state index contributed by atoms with van der Waals surface area (Å²) in [4.78, 5) is 25.7. The number of aryl methyl sites for hydroxylation is 1. The molecule has 1 aliphatic rings. The van der Waals surface area contributed by atoms with Crippen molar-refractivity contribution in [3.63, 3.8) is 0 Å². The SMILES string of the molecule is Cc1ncc(-c2ccc(OCC(C)C)c(I)n2)c(N2CCC(C)(C)CC2)c1[C@H](OC(C)(C)C)C(=O)OC(C)C. The number of rotatable bonds is 9. The summed E-state index contributed by atoms with van der Waals surface area (Å²) in [5.74, 6) is 0.786. The van der Waals surface area contributed by atoms with Gasteiger partial charge < -0.3 is 19.1 Å². The van der Waals surface area contributed by atoms with Gasteiger partial charge in [0.15, 0.2) is 11.9 Å². The number of esters is 1. The Labute approximate surface area is 248 Å². The highest BCUT2D eigenvalue weighted by molar-refractivity contribution is 14.1. The van der Waals surface area contributed by atoms with E-state index in [1.54, 1.807) is 0 Å². The summed E-state index contributed by atoms with van der Waals surface area (Å²) in [7, 11) is 0. The summed E-state index contributed by atoms with van der Waals surface area (Å²) in [5, 5.41) is 0. The van der Waals surface area contributed by atoms with Gasteiger partial charge in [0, 0.05) is 36.1 Å². The van der Waals surface area contributed by atoms with E-state index in [1.165, 1.54) is 0 Å². The molecule has 0 saturated carbocycles. The average Bonchev–Trinajstić information content (AvgIpc) is 2.81. The van der Waals surface area contributed by atoms with Gasteiger partial charge in [-0.15, -0.1) is 0 Å². The van der Waals surface area contributed by atoms with Gasteiger partial charge in [-0.3, -0.25) is 4.98 Å². The molecular weight excluding hydrogens is 605 g/mol. The van der Waals surface area contributed by atoms with E-state index < -0.39 is 17.7 Å². The van der Waals surface area contributed by atoms with Gasteiger partial charge >= 0.3 is 5.97 Å². The fourth-order valence-corrected chi connectivity index (χ4v) is 5.19. The molecule has 0 N–H and O–H groups in total. The van der Waals surface area contributed by atoms with Gasteiger partial charge in [-0.05, 0) is 100 Å². The molecule has 0 unspecified atom stereocenters. The van der Waals surface area contributed by atoms with E-state index in [0.717, 1.165) is 63.6 Å². The summed E-state index contributed by atoms with van der Waals surface area (Å²) in [6, 6.07) is 3.96. The molecule has 8 heteroatoms. The Morgan fingerprint density at radius 1 is 1.13 bits per heavy atom. The Bertz CT molecular complexity index is 1150. The lowest BCUT2D eigenvalue weighted by molar-refractivity contribution is -0.171. The molecule has 0 bridgehead atoms. The van der Waals surface area contributed by atoms with Crippen LogP contribution in [0.4, 0.5) is 5.69 Å². The van der Waals surface area contributed by atoms with E-state index in [9.17, 15) is 4.79 Å². The number of ether oxygens (including phenoxy) is 3. The average molecular weight is 652 g/mol. The van der Waals surface area contributed by atoms with Crippen molar-refractivity contribution in [2.24, 2.45) is 11.3 Å². The van der Waals surface area contributed by atoms with Crippen molar-refractivity contribution in [1.29, 1.82) is 0 Å². The lowest BCUT2D eigenvalue weighted by atomic mass is 9.82. The number of carbonyl (C=O) groups is 1. The second-order valence-electron chi connectivity index (χ2n) is 13.0. The van der Waals surface area contributed by atoms with Crippen molar-refractivity contribution in [3.8, 4) is 17.0 Å². The minimum absolute atomic E-state index is 0.263. The third-order valence-electron chi connectivity index (χ3n) is 6.68. The second-order valence-corrected chi connectivity index (χ2v) is 14.0. The lowest BCUT2D eigenvalue weighted by Gasteiger charge is -2.41. The highest BCUT2D eigenvalue weighted by Gasteiger charge is 2.37. The van der Waals surface area contributed by atoms with Gasteiger partial charge in [0.2, 0.25) is 0 Å². The van der Waals surface area contributed by atoms with Crippen LogP contribution in [0, 0.1) is 22.0 Å². The van der Waals surface area contributed by atoms with Crippen molar-refractivity contribution in [3.05, 3.63) is 33.3 Å². The predicted molar refractivity (Wildman–Crippen MR) is 165 cm³/mol. The molecule has 3 heterocycles. The molecule has 0 aromatic carbocycles. The van der Waals surface area contributed by atoms with Gasteiger partial charge in [0.25, 0.3) is 0 Å². The van der Waals surface area contributed by atoms with Crippen LogP contribution in [0.2, 0.25) is 0 Å². The van der Waals surface area contributed by atoms with Crippen molar-refractivity contribution in [2.75, 3.05) is 24.6 Å². The van der Waals surface area contributed by atoms with Crippen molar-refractivity contribution in [2.45, 2.75) is 99.9 Å². The number of hydrogen-bond acceptors (Lipinski definition) is 7. The van der Waals surface area contributed by atoms with Crippen LogP contribution in [0.1, 0.15) is 92.5 Å². The molecular formula is C31H46IN3O4. The maximum Gasteiger partial charge on any atom is 0.340 e. The molecule has 1 saturated heterocycles. The predicted octanol–water partition coefficient (Wildman–Crippen LogP) is 7.53. The second kappa shape index (κ2) is 12.7. The van der Waals surface area contributed by atoms with Crippen LogP contribution in [0.3, 0.4) is 0 Å². The minimum atomic E-state index is -0.919. The molecule has 0 radical (unpaired) electrons. The number of anilines is 1. The first-order valence-corrected chi connectivity index (χ1v) is 15.1. The van der Waals surface area contributed by atoms with E-state index in [4.69, 9.17) is 24.2 Å². The largest absolute Gasteiger partial charge is 0.491 e. The van der Waals surface area contributed by atoms with Gasteiger partial charge in [-0.25, -0.2) is 9.78 Å². The number of aromatic nitrogens is 2. The van der Waals surface area contributed by atoms with Crippen molar-refractivity contribution >= 4 is 34.2 Å². The van der Waals surface area contributed by atoms with Crippen LogP contribution in [0.25, 0.3) is 11.3 Å². The summed E-state index contributed by atoms with van der Waals surface area (Å²) < 4.78 is 18.9. The quantitative estimate of drug-likeness (QED) is 0.158. The van der Waals surface area contributed by atoms with Crippen LogP contribution in [0.5, 0.6) is 5.75 Å². The van der Waals surface area contributed by atoms with Crippen molar-refractivity contribution < 1.29 is 19.0 Å². The summed E-state index contributed by atoms with van der Waals surface area (Å²) in [6.45, 7) is 22.8. The number of carbonyl (C=O) groups excluding carboxylic acids is 1. The minimum Gasteiger partial charge on any atom is -0.491 e. The Kier molecular flexibility index (Phi) is 10.3. The Morgan fingerprint density at radius 2 is 1.77 bits per heavy atom. The monoisotopic (exact) mass is 651 g/mol. The molecule has 1 aliphatic heterocycles. The highest BCUT2D eigenvalue weighted by atomic mass is 127. The number of halogens is 1. The topological polar surface area (TPSA) is 73.8 Å². The zero-order valence-corrected chi connectivity index (χ0v) is 27.5. The van der Waals surface area contributed by atoms with E-state index >= 15 is 0 Å². The highest BCUT2D eigenvalue weighted by Crippen LogP contribution is 2.43. The molecule has 1 fully saturated rings. The standard InChI is InChI=1S/C31H46IN3O4/c1-19(2)18-37-24-12-11-23(34-28(24)32)22-17-33-21(5)25(26(22)35-15-13-31(9,10)14-16-35)27(39-30(6,7)8)29(36)38-20(3)4/h11-12,17,19-20,27H,13-16,18H2,1-10H3/t27-/m0/s1. The Balaban J connectivity index is 2.21. The third kappa shape index (κ3) is 8.52. The lowest BCUT2D eigenvalue weighted by Crippen LogP contribution is -2.39. The van der Waals surface area contributed by atoms with Crippen LogP contribution >= 0.6 is 22.6 Å². The zero-order chi connectivity index (χ0) is 29.1. The molecule has 0 amide bonds. The van der Waals surface area contributed by atoms with Crippen LogP contribution < -0.4 is 9.64 Å². The number of piperidine rings is 1. The summed E-state index contributed by atoms with van der Waals surface area (Å²) in [5.41, 5.74) is 3.81. The molecule has 3 rings (SSSR count). The van der Waals surface area contributed by atoms with Gasteiger partial charge in [0.1, 0.15) is 3.70 Å². The summed E-state index contributed by atoms with van der Waals surface area (Å²) in [6.07, 6.45) is 2.78. The normalized spacial score (nSPS) is 16.5. The fourth-order valence-electron chi connectivity index (χ4n) is 4.59. The number of nitrogens with zero attached hydrogens (tertiary/aromatic N) is 3. The van der Waals surface area contributed by atoms with Gasteiger partial charge in [0.05, 0.1) is 29.7 Å². The molecule has 0 aliphatic carbocycles. The molecule has 1 atom stereocenters. The van der Waals surface area contributed by atoms with Gasteiger partial charge in [-0.1, -0.05) is 27.7 Å². The maximum absolute atomic E-state index is 13.6. The van der Waals surface area contributed by atoms with Crippen LogP contribution in [-0.4, -0.2) is 47.3 Å². The van der Waals surface area contributed by atoms with E-state index in [1.807, 2.05) is 59.9 Å². The molecule has 39 heavy (non-hydrogen) atoms. The van der Waals surface area contributed by atoms with E-state index in [0.29, 0.717) is 12.5 Å². The first-order chi connectivity index (χ1) is 18.1. The van der Waals surface area contributed by atoms with Crippen LogP contribution in [-0.2, 0) is 14.3 Å². The fraction of sp³-hybridized carbons (Fsp3) is 0.645. The van der Waals surface area contributed by atoms with Gasteiger partial charge in [-0.2, -0.15) is 0 Å². The van der Waals surface area contributed by atoms with E-state index in [2.05, 4.69) is 55.2 Å². The molecule has 2 aromatic heterocycles. The molecule has 0 spiro atoms. The zero-order valence-electron chi connectivity index (χ0n) is 25.4. The number of hydrogen-bond donors (Lipinski definition) is 0. The Morgan fingerprint density at radius 3 is 2.31 bits per heavy atom. The van der Waals surface area contributed by atoms with Crippen LogP contribution in [0.15, 0.2) is 18.3 Å². The maximum atomic E-state index is 13.6.